The van der Waals surface area contributed by atoms with Gasteiger partial charge in [-0.15, -0.1) is 0 Å². The van der Waals surface area contributed by atoms with Crippen molar-refractivity contribution >= 4 is 5.91 Å². The summed E-state index contributed by atoms with van der Waals surface area (Å²) in [4.78, 5) is 17.3. The van der Waals surface area contributed by atoms with Crippen LogP contribution in [-0.2, 0) is 25.4 Å². The van der Waals surface area contributed by atoms with Gasteiger partial charge in [0, 0.05) is 37.7 Å². The van der Waals surface area contributed by atoms with Crippen molar-refractivity contribution in [3.63, 3.8) is 0 Å². The number of aryl methyl sites for hydroxylation is 2. The van der Waals surface area contributed by atoms with E-state index in [2.05, 4.69) is 17.2 Å². The van der Waals surface area contributed by atoms with Gasteiger partial charge >= 0.3 is 0 Å². The summed E-state index contributed by atoms with van der Waals surface area (Å²) in [6.07, 6.45) is 2.63. The maximum absolute atomic E-state index is 12.6. The molecular weight excluding hydrogens is 396 g/mol. The number of nitrogens with one attached hydrogen (secondary N) is 1. The molecule has 1 amide bonds. The Morgan fingerprint density at radius 3 is 2.45 bits per heavy atom. The Labute approximate surface area is 183 Å². The Hall–Kier alpha value is -2.22. The Morgan fingerprint density at radius 1 is 1.10 bits per heavy atom. The van der Waals surface area contributed by atoms with Crippen molar-refractivity contribution in [1.82, 2.24) is 10.3 Å². The van der Waals surface area contributed by atoms with E-state index < -0.39 is 5.79 Å². The number of aromatic nitrogens is 1. The van der Waals surface area contributed by atoms with E-state index in [-0.39, 0.29) is 11.8 Å². The molecule has 4 rings (SSSR count). The van der Waals surface area contributed by atoms with E-state index in [1.165, 1.54) is 5.56 Å². The van der Waals surface area contributed by atoms with E-state index in [4.69, 9.17) is 18.6 Å². The van der Waals surface area contributed by atoms with Gasteiger partial charge in [-0.05, 0) is 51.7 Å². The Balaban J connectivity index is 1.29. The molecule has 0 radical (unpaired) electrons. The summed E-state index contributed by atoms with van der Waals surface area (Å²) < 4.78 is 23.0. The van der Waals surface area contributed by atoms with Crippen LogP contribution in [0, 0.1) is 25.7 Å². The standard InChI is InChI=1S/C24H32N2O5/c1-16-4-6-20(7-5-16)22-26-21(17(2)31-22)12-19-14-29-24(3,30-15-19)23(27)25-13-18-8-10-28-11-9-18/h4-7,18-19H,8-15H2,1-3H3,(H,25,27). The lowest BCUT2D eigenvalue weighted by molar-refractivity contribution is -0.260. The molecule has 2 aromatic rings. The lowest BCUT2D eigenvalue weighted by Crippen LogP contribution is -2.54. The molecule has 7 nitrogen and oxygen atoms in total. The average molecular weight is 429 g/mol. The Bertz CT molecular complexity index is 878. The van der Waals surface area contributed by atoms with Gasteiger partial charge in [0.15, 0.2) is 0 Å². The van der Waals surface area contributed by atoms with Crippen molar-refractivity contribution in [1.29, 1.82) is 0 Å². The molecule has 168 valence electrons. The van der Waals surface area contributed by atoms with Crippen molar-refractivity contribution in [3.8, 4) is 11.5 Å². The molecule has 0 spiro atoms. The highest BCUT2D eigenvalue weighted by molar-refractivity contribution is 5.83. The van der Waals surface area contributed by atoms with Crippen molar-refractivity contribution in [3.05, 3.63) is 41.3 Å². The van der Waals surface area contributed by atoms with Gasteiger partial charge in [0.05, 0.1) is 18.9 Å². The monoisotopic (exact) mass is 428 g/mol. The summed E-state index contributed by atoms with van der Waals surface area (Å²) in [5.41, 5.74) is 3.06. The second kappa shape index (κ2) is 9.51. The van der Waals surface area contributed by atoms with E-state index in [9.17, 15) is 4.79 Å². The fourth-order valence-corrected chi connectivity index (χ4v) is 3.95. The van der Waals surface area contributed by atoms with E-state index in [1.54, 1.807) is 6.92 Å². The van der Waals surface area contributed by atoms with Crippen LogP contribution in [0.1, 0.15) is 36.8 Å². The Kier molecular flexibility index (Phi) is 6.74. The second-order valence-electron chi connectivity index (χ2n) is 8.79. The molecule has 0 atom stereocenters. The fraction of sp³-hybridized carbons (Fsp3) is 0.583. The summed E-state index contributed by atoms with van der Waals surface area (Å²) in [6, 6.07) is 8.12. The number of carbonyl (C=O) groups is 1. The van der Waals surface area contributed by atoms with E-state index in [1.807, 2.05) is 31.2 Å². The molecule has 0 saturated carbocycles. The quantitative estimate of drug-likeness (QED) is 0.759. The molecule has 2 aliphatic rings. The fourth-order valence-electron chi connectivity index (χ4n) is 3.95. The van der Waals surface area contributed by atoms with Crippen LogP contribution in [0.25, 0.3) is 11.5 Å². The van der Waals surface area contributed by atoms with E-state index in [0.29, 0.717) is 38.0 Å². The second-order valence-corrected chi connectivity index (χ2v) is 8.79. The first-order chi connectivity index (χ1) is 14.9. The average Bonchev–Trinajstić information content (AvgIpc) is 3.15. The predicted molar refractivity (Wildman–Crippen MR) is 115 cm³/mol. The van der Waals surface area contributed by atoms with Crippen molar-refractivity contribution in [2.24, 2.45) is 11.8 Å². The predicted octanol–water partition coefficient (Wildman–Crippen LogP) is 3.42. The van der Waals surface area contributed by atoms with Crippen LogP contribution in [-0.4, -0.2) is 49.7 Å². The molecule has 2 saturated heterocycles. The maximum Gasteiger partial charge on any atom is 0.280 e. The smallest absolute Gasteiger partial charge is 0.280 e. The number of ether oxygens (including phenoxy) is 3. The van der Waals surface area contributed by atoms with Gasteiger partial charge in [-0.1, -0.05) is 17.7 Å². The number of carbonyl (C=O) groups excluding carboxylic acids is 1. The first-order valence-electron chi connectivity index (χ1n) is 11.1. The SMILES string of the molecule is Cc1ccc(-c2nc(CC3COC(C)(C(=O)NCC4CCOCC4)OC3)c(C)o2)cc1. The van der Waals surface area contributed by atoms with Gasteiger partial charge in [-0.2, -0.15) is 0 Å². The first kappa shape index (κ1) is 22.0. The third-order valence-corrected chi connectivity index (χ3v) is 6.17. The number of hydrogen-bond donors (Lipinski definition) is 1. The Morgan fingerprint density at radius 2 is 1.77 bits per heavy atom. The van der Waals surface area contributed by atoms with Crippen LogP contribution in [0.15, 0.2) is 28.7 Å². The number of hydrogen-bond acceptors (Lipinski definition) is 6. The largest absolute Gasteiger partial charge is 0.441 e. The summed E-state index contributed by atoms with van der Waals surface area (Å²) in [5.74, 6) is 0.548. The molecule has 2 fully saturated rings. The molecule has 1 aromatic carbocycles. The minimum Gasteiger partial charge on any atom is -0.441 e. The van der Waals surface area contributed by atoms with Crippen LogP contribution >= 0.6 is 0 Å². The van der Waals surface area contributed by atoms with E-state index in [0.717, 1.165) is 43.1 Å². The zero-order valence-corrected chi connectivity index (χ0v) is 18.6. The van der Waals surface area contributed by atoms with Crippen LogP contribution in [0.3, 0.4) is 0 Å². The summed E-state index contributed by atoms with van der Waals surface area (Å²) >= 11 is 0. The van der Waals surface area contributed by atoms with Crippen LogP contribution < -0.4 is 5.32 Å². The lowest BCUT2D eigenvalue weighted by Gasteiger charge is -2.36. The zero-order chi connectivity index (χ0) is 21.8. The van der Waals surface area contributed by atoms with Gasteiger partial charge < -0.3 is 23.9 Å². The van der Waals surface area contributed by atoms with E-state index >= 15 is 0 Å². The third kappa shape index (κ3) is 5.34. The third-order valence-electron chi connectivity index (χ3n) is 6.17. The number of rotatable bonds is 6. The molecule has 7 heteroatoms. The summed E-state index contributed by atoms with van der Waals surface area (Å²) in [7, 11) is 0. The minimum atomic E-state index is -1.24. The van der Waals surface area contributed by atoms with Crippen molar-refractivity contribution < 1.29 is 23.4 Å². The highest BCUT2D eigenvalue weighted by atomic mass is 16.7. The first-order valence-corrected chi connectivity index (χ1v) is 11.1. The lowest BCUT2D eigenvalue weighted by atomic mass is 10.00. The van der Waals surface area contributed by atoms with Gasteiger partial charge in [-0.25, -0.2) is 4.98 Å². The molecule has 31 heavy (non-hydrogen) atoms. The highest BCUT2D eigenvalue weighted by Gasteiger charge is 2.40. The summed E-state index contributed by atoms with van der Waals surface area (Å²) in [5, 5.41) is 2.99. The minimum absolute atomic E-state index is 0.117. The van der Waals surface area contributed by atoms with Crippen molar-refractivity contribution in [2.75, 3.05) is 33.0 Å². The maximum atomic E-state index is 12.6. The number of amides is 1. The molecule has 0 aliphatic carbocycles. The molecule has 0 unspecified atom stereocenters. The van der Waals surface area contributed by atoms with Crippen LogP contribution in [0.4, 0.5) is 0 Å². The number of benzene rings is 1. The number of oxazole rings is 1. The molecular formula is C24H32N2O5. The zero-order valence-electron chi connectivity index (χ0n) is 18.6. The van der Waals surface area contributed by atoms with Gasteiger partial charge in [0.1, 0.15) is 5.76 Å². The molecule has 2 aliphatic heterocycles. The number of nitrogens with zero attached hydrogens (tertiary/aromatic N) is 1. The topological polar surface area (TPSA) is 82.8 Å². The van der Waals surface area contributed by atoms with Gasteiger partial charge in [0.2, 0.25) is 11.7 Å². The molecule has 1 aromatic heterocycles. The van der Waals surface area contributed by atoms with Gasteiger partial charge in [0.25, 0.3) is 5.91 Å². The van der Waals surface area contributed by atoms with Crippen LogP contribution in [0.5, 0.6) is 0 Å². The van der Waals surface area contributed by atoms with Crippen molar-refractivity contribution in [2.45, 2.75) is 45.8 Å². The summed E-state index contributed by atoms with van der Waals surface area (Å²) in [6.45, 7) is 8.71. The molecule has 1 N–H and O–H groups in total. The molecule has 0 bridgehead atoms. The normalized spacial score (nSPS) is 24.8. The van der Waals surface area contributed by atoms with Gasteiger partial charge in [-0.3, -0.25) is 4.79 Å². The van der Waals surface area contributed by atoms with Crippen LogP contribution in [0.2, 0.25) is 0 Å². The molecule has 3 heterocycles. The highest BCUT2D eigenvalue weighted by Crippen LogP contribution is 2.27.